The lowest BCUT2D eigenvalue weighted by Gasteiger charge is -2.00. The molecule has 0 aliphatic heterocycles. The van der Waals surface area contributed by atoms with Gasteiger partial charge in [-0.2, -0.15) is 24.4 Å². The third kappa shape index (κ3) is 10.7. The predicted molar refractivity (Wildman–Crippen MR) is 64.6 cm³/mol. The summed E-state index contributed by atoms with van der Waals surface area (Å²) in [6.45, 7) is 2.26. The van der Waals surface area contributed by atoms with E-state index in [1.165, 1.54) is 50.0 Å². The minimum absolute atomic E-state index is 1.06. The normalized spacial score (nSPS) is 10.5. The lowest BCUT2D eigenvalue weighted by atomic mass is 10.3. The summed E-state index contributed by atoms with van der Waals surface area (Å²) in [5, 5.41) is 0. The van der Waals surface area contributed by atoms with Crippen LogP contribution >= 0.6 is 24.4 Å². The minimum atomic E-state index is 1.06. The Morgan fingerprint density at radius 1 is 0.917 bits per heavy atom. The van der Waals surface area contributed by atoms with E-state index < -0.39 is 0 Å². The van der Waals surface area contributed by atoms with E-state index in [1.54, 1.807) is 0 Å². The van der Waals surface area contributed by atoms with E-state index in [9.17, 15) is 0 Å². The second-order valence-corrected chi connectivity index (χ2v) is 4.78. The van der Waals surface area contributed by atoms with Gasteiger partial charge in [0.15, 0.2) is 0 Å². The van der Waals surface area contributed by atoms with Gasteiger partial charge < -0.3 is 0 Å². The van der Waals surface area contributed by atoms with E-state index in [0.717, 1.165) is 5.75 Å². The molecular formula is C10H22S2. The fourth-order valence-electron chi connectivity index (χ4n) is 1.05. The summed E-state index contributed by atoms with van der Waals surface area (Å²) in [5.74, 6) is 3.78. The van der Waals surface area contributed by atoms with Gasteiger partial charge in [0.2, 0.25) is 0 Å². The lowest BCUT2D eigenvalue weighted by molar-refractivity contribution is 0.771. The number of hydrogen-bond acceptors (Lipinski definition) is 2. The first-order valence-electron chi connectivity index (χ1n) is 5.10. The highest BCUT2D eigenvalue weighted by atomic mass is 32.2. The predicted octanol–water partition coefficient (Wildman–Crippen LogP) is 4.01. The van der Waals surface area contributed by atoms with Crippen molar-refractivity contribution < 1.29 is 0 Å². The van der Waals surface area contributed by atoms with E-state index in [2.05, 4.69) is 31.3 Å². The standard InChI is InChI=1S/C10H22S2/c1-2-3-6-9-12-10-7-4-5-8-11/h11H,2-10H2,1H3. The molecule has 0 amide bonds. The van der Waals surface area contributed by atoms with Crippen molar-refractivity contribution in [3.8, 4) is 0 Å². The van der Waals surface area contributed by atoms with Crippen LogP contribution in [0.25, 0.3) is 0 Å². The molecule has 2 heteroatoms. The lowest BCUT2D eigenvalue weighted by Crippen LogP contribution is -1.85. The number of unbranched alkanes of at least 4 members (excludes halogenated alkanes) is 4. The molecule has 0 rings (SSSR count). The highest BCUT2D eigenvalue weighted by Crippen LogP contribution is 2.09. The van der Waals surface area contributed by atoms with Gasteiger partial charge in [0.05, 0.1) is 0 Å². The van der Waals surface area contributed by atoms with E-state index >= 15 is 0 Å². The summed E-state index contributed by atoms with van der Waals surface area (Å²) in [6, 6.07) is 0. The molecule has 12 heavy (non-hydrogen) atoms. The quantitative estimate of drug-likeness (QED) is 0.439. The van der Waals surface area contributed by atoms with Crippen molar-refractivity contribution in [2.75, 3.05) is 17.3 Å². The number of rotatable bonds is 9. The van der Waals surface area contributed by atoms with Crippen LogP contribution in [0.1, 0.15) is 45.4 Å². The zero-order valence-electron chi connectivity index (χ0n) is 8.22. The molecule has 0 heterocycles. The molecule has 0 nitrogen and oxygen atoms in total. The first-order chi connectivity index (χ1) is 5.91. The molecule has 74 valence electrons. The molecular weight excluding hydrogens is 184 g/mol. The number of thioether (sulfide) groups is 1. The van der Waals surface area contributed by atoms with Crippen LogP contribution in [0.3, 0.4) is 0 Å². The van der Waals surface area contributed by atoms with Crippen molar-refractivity contribution in [2.45, 2.75) is 45.4 Å². The average Bonchev–Trinajstić information content (AvgIpc) is 2.10. The van der Waals surface area contributed by atoms with Crippen LogP contribution in [-0.2, 0) is 0 Å². The van der Waals surface area contributed by atoms with Crippen molar-refractivity contribution in [2.24, 2.45) is 0 Å². The Hall–Kier alpha value is 0.700. The van der Waals surface area contributed by atoms with Gasteiger partial charge in [-0.1, -0.05) is 26.2 Å². The Balaban J connectivity index is 2.73. The average molecular weight is 206 g/mol. The van der Waals surface area contributed by atoms with Gasteiger partial charge in [-0.15, -0.1) is 0 Å². The summed E-state index contributed by atoms with van der Waals surface area (Å²) in [5.41, 5.74) is 0. The van der Waals surface area contributed by atoms with Crippen LogP contribution in [0.2, 0.25) is 0 Å². The second kappa shape index (κ2) is 11.7. The summed E-state index contributed by atoms with van der Waals surface area (Å²) in [7, 11) is 0. The second-order valence-electron chi connectivity index (χ2n) is 3.10. The van der Waals surface area contributed by atoms with Crippen LogP contribution in [-0.4, -0.2) is 17.3 Å². The number of hydrogen-bond donors (Lipinski definition) is 1. The summed E-state index contributed by atoms with van der Waals surface area (Å²) < 4.78 is 0. The van der Waals surface area contributed by atoms with Crippen LogP contribution in [0.5, 0.6) is 0 Å². The van der Waals surface area contributed by atoms with Gasteiger partial charge in [-0.25, -0.2) is 0 Å². The maximum atomic E-state index is 4.18. The van der Waals surface area contributed by atoms with Gasteiger partial charge in [-0.05, 0) is 36.5 Å². The smallest absolute Gasteiger partial charge is 0.00675 e. The molecule has 0 saturated carbocycles. The molecule has 0 aromatic heterocycles. The van der Waals surface area contributed by atoms with Crippen molar-refractivity contribution in [1.82, 2.24) is 0 Å². The fourth-order valence-corrected chi connectivity index (χ4v) is 2.29. The Kier molecular flexibility index (Phi) is 12.4. The van der Waals surface area contributed by atoms with E-state index in [1.807, 2.05) is 0 Å². The third-order valence-corrected chi connectivity index (χ3v) is 3.31. The first-order valence-corrected chi connectivity index (χ1v) is 6.89. The zero-order chi connectivity index (χ0) is 9.07. The van der Waals surface area contributed by atoms with Gasteiger partial charge in [0, 0.05) is 0 Å². The Bertz CT molecular complexity index is 64.2. The largest absolute Gasteiger partial charge is 0.179 e. The summed E-state index contributed by atoms with van der Waals surface area (Å²) >= 11 is 6.30. The van der Waals surface area contributed by atoms with Crippen molar-refractivity contribution in [3.63, 3.8) is 0 Å². The van der Waals surface area contributed by atoms with E-state index in [-0.39, 0.29) is 0 Å². The Morgan fingerprint density at radius 2 is 1.58 bits per heavy atom. The van der Waals surface area contributed by atoms with E-state index in [4.69, 9.17) is 0 Å². The monoisotopic (exact) mass is 206 g/mol. The molecule has 0 aliphatic carbocycles. The first kappa shape index (κ1) is 12.7. The molecule has 0 aliphatic rings. The van der Waals surface area contributed by atoms with Gasteiger partial charge >= 0.3 is 0 Å². The number of thiol groups is 1. The fraction of sp³-hybridized carbons (Fsp3) is 1.00. The van der Waals surface area contributed by atoms with Crippen molar-refractivity contribution >= 4 is 24.4 Å². The van der Waals surface area contributed by atoms with Crippen molar-refractivity contribution in [1.29, 1.82) is 0 Å². The van der Waals surface area contributed by atoms with Gasteiger partial charge in [-0.3, -0.25) is 0 Å². The van der Waals surface area contributed by atoms with E-state index in [0.29, 0.717) is 0 Å². The summed E-state index contributed by atoms with van der Waals surface area (Å²) in [4.78, 5) is 0. The maximum Gasteiger partial charge on any atom is -0.00675 e. The van der Waals surface area contributed by atoms with Crippen LogP contribution in [0, 0.1) is 0 Å². The summed E-state index contributed by atoms with van der Waals surface area (Å²) in [6.07, 6.45) is 8.21. The van der Waals surface area contributed by atoms with Gasteiger partial charge in [0.25, 0.3) is 0 Å². The molecule has 0 spiro atoms. The molecule has 0 radical (unpaired) electrons. The Labute approximate surface area is 87.3 Å². The molecule has 0 aromatic carbocycles. The van der Waals surface area contributed by atoms with Gasteiger partial charge in [0.1, 0.15) is 0 Å². The molecule has 0 atom stereocenters. The topological polar surface area (TPSA) is 0 Å². The van der Waals surface area contributed by atoms with Crippen molar-refractivity contribution in [3.05, 3.63) is 0 Å². The third-order valence-electron chi connectivity index (χ3n) is 1.84. The van der Waals surface area contributed by atoms with Crippen LogP contribution in [0.15, 0.2) is 0 Å². The Morgan fingerprint density at radius 3 is 2.17 bits per heavy atom. The molecule has 0 saturated heterocycles. The molecule has 0 aromatic rings. The van der Waals surface area contributed by atoms with Crippen LogP contribution in [0.4, 0.5) is 0 Å². The molecule has 0 N–H and O–H groups in total. The zero-order valence-corrected chi connectivity index (χ0v) is 9.93. The SMILES string of the molecule is CCCCCSCCCCCS. The highest BCUT2D eigenvalue weighted by Gasteiger charge is 1.90. The maximum absolute atomic E-state index is 4.18. The molecule has 0 bridgehead atoms. The highest BCUT2D eigenvalue weighted by molar-refractivity contribution is 7.99. The molecule has 0 fully saturated rings. The molecule has 0 unspecified atom stereocenters. The minimum Gasteiger partial charge on any atom is -0.179 e. The van der Waals surface area contributed by atoms with Crippen LogP contribution < -0.4 is 0 Å².